The summed E-state index contributed by atoms with van der Waals surface area (Å²) in [6, 6.07) is 4.75. The Morgan fingerprint density at radius 3 is 2.81 bits per heavy atom. The van der Waals surface area contributed by atoms with Crippen molar-refractivity contribution in [3.05, 3.63) is 46.5 Å². The number of aryl methyl sites for hydroxylation is 1. The van der Waals surface area contributed by atoms with Gasteiger partial charge in [-0.15, -0.1) is 5.10 Å². The molecule has 0 amide bonds. The highest BCUT2D eigenvalue weighted by Crippen LogP contribution is 2.25. The second kappa shape index (κ2) is 7.52. The molecule has 2 aromatic rings. The van der Waals surface area contributed by atoms with Crippen LogP contribution in [0.1, 0.15) is 44.0 Å². The molecule has 0 saturated carbocycles. The van der Waals surface area contributed by atoms with E-state index in [1.54, 1.807) is 12.3 Å². The summed E-state index contributed by atoms with van der Waals surface area (Å²) in [5.74, 6) is -0.410. The predicted octanol–water partition coefficient (Wildman–Crippen LogP) is 3.57. The summed E-state index contributed by atoms with van der Waals surface area (Å²) in [6.07, 6.45) is 3.68. The van der Waals surface area contributed by atoms with Crippen molar-refractivity contribution in [1.29, 1.82) is 0 Å². The Bertz CT molecular complexity index is 585. The summed E-state index contributed by atoms with van der Waals surface area (Å²) in [4.78, 5) is 0. The van der Waals surface area contributed by atoms with Gasteiger partial charge in [-0.2, -0.15) is 0 Å². The summed E-state index contributed by atoms with van der Waals surface area (Å²) in [7, 11) is 0. The van der Waals surface area contributed by atoms with Crippen LogP contribution < -0.4 is 5.32 Å². The van der Waals surface area contributed by atoms with Gasteiger partial charge in [-0.3, -0.25) is 0 Å². The van der Waals surface area contributed by atoms with Crippen LogP contribution in [0.3, 0.4) is 0 Å². The summed E-state index contributed by atoms with van der Waals surface area (Å²) in [5.41, 5.74) is 1.76. The van der Waals surface area contributed by atoms with Crippen molar-refractivity contribution in [3.8, 4) is 0 Å². The molecular formula is C15H20ClFN4. The molecule has 0 aliphatic carbocycles. The minimum atomic E-state index is -0.410. The van der Waals surface area contributed by atoms with Crippen molar-refractivity contribution in [2.24, 2.45) is 0 Å². The van der Waals surface area contributed by atoms with Crippen molar-refractivity contribution < 1.29 is 4.39 Å². The Labute approximate surface area is 129 Å². The van der Waals surface area contributed by atoms with E-state index in [0.29, 0.717) is 0 Å². The van der Waals surface area contributed by atoms with E-state index in [4.69, 9.17) is 11.6 Å². The van der Waals surface area contributed by atoms with Gasteiger partial charge in [0.1, 0.15) is 5.82 Å². The molecule has 0 spiro atoms. The average Bonchev–Trinajstić information content (AvgIpc) is 2.92. The smallest absolute Gasteiger partial charge is 0.142 e. The quantitative estimate of drug-likeness (QED) is 0.850. The molecule has 1 aromatic heterocycles. The van der Waals surface area contributed by atoms with Gasteiger partial charge in [-0.1, -0.05) is 36.7 Å². The van der Waals surface area contributed by atoms with Crippen molar-refractivity contribution in [1.82, 2.24) is 20.3 Å². The van der Waals surface area contributed by atoms with E-state index in [2.05, 4.69) is 29.5 Å². The highest BCUT2D eigenvalue weighted by molar-refractivity contribution is 6.30. The van der Waals surface area contributed by atoms with Crippen LogP contribution in [0.2, 0.25) is 5.02 Å². The van der Waals surface area contributed by atoms with Crippen LogP contribution in [-0.4, -0.2) is 21.5 Å². The second-order valence-electron chi connectivity index (χ2n) is 4.94. The fraction of sp³-hybridized carbons (Fsp3) is 0.467. The molecule has 1 N–H and O–H groups in total. The second-order valence-corrected chi connectivity index (χ2v) is 5.35. The number of nitrogens with one attached hydrogen (secondary N) is 1. The van der Waals surface area contributed by atoms with Gasteiger partial charge < -0.3 is 5.32 Å². The van der Waals surface area contributed by atoms with Crippen molar-refractivity contribution in [3.63, 3.8) is 0 Å². The summed E-state index contributed by atoms with van der Waals surface area (Å²) < 4.78 is 15.6. The predicted molar refractivity (Wildman–Crippen MR) is 81.9 cm³/mol. The zero-order valence-corrected chi connectivity index (χ0v) is 13.1. The highest BCUT2D eigenvalue weighted by Gasteiger charge is 2.19. The lowest BCUT2D eigenvalue weighted by atomic mass is 10.0. The number of benzene rings is 1. The van der Waals surface area contributed by atoms with Gasteiger partial charge in [0.25, 0.3) is 0 Å². The Morgan fingerprint density at radius 2 is 2.14 bits per heavy atom. The van der Waals surface area contributed by atoms with Crippen LogP contribution in [0.4, 0.5) is 4.39 Å². The van der Waals surface area contributed by atoms with Crippen LogP contribution in [0.5, 0.6) is 0 Å². The number of halogens is 2. The van der Waals surface area contributed by atoms with E-state index in [1.165, 1.54) is 6.07 Å². The lowest BCUT2D eigenvalue weighted by molar-refractivity contribution is 0.502. The molecule has 21 heavy (non-hydrogen) atoms. The molecule has 0 aliphatic heterocycles. The third-order valence-corrected chi connectivity index (χ3v) is 3.56. The molecule has 0 aliphatic rings. The van der Waals surface area contributed by atoms with Gasteiger partial charge in [-0.05, 0) is 37.1 Å². The largest absolute Gasteiger partial charge is 0.305 e. The monoisotopic (exact) mass is 310 g/mol. The van der Waals surface area contributed by atoms with E-state index in [-0.39, 0.29) is 11.1 Å². The molecule has 1 atom stereocenters. The molecule has 114 valence electrons. The normalized spacial score (nSPS) is 12.6. The van der Waals surface area contributed by atoms with E-state index in [0.717, 1.165) is 37.2 Å². The summed E-state index contributed by atoms with van der Waals surface area (Å²) >= 11 is 5.77. The first kappa shape index (κ1) is 15.9. The standard InChI is InChI=1S/C15H20ClFN4/c1-3-7-18-15(11-5-6-12(16)13(17)9-11)14-10-19-20-21(14)8-4-2/h5-6,9-10,15,18H,3-4,7-8H2,1-2H3. The summed E-state index contributed by atoms with van der Waals surface area (Å²) in [5, 5.41) is 11.7. The molecule has 0 saturated heterocycles. The zero-order chi connectivity index (χ0) is 15.2. The molecule has 0 fully saturated rings. The number of rotatable bonds is 7. The highest BCUT2D eigenvalue weighted by atomic mass is 35.5. The maximum absolute atomic E-state index is 13.8. The molecule has 4 nitrogen and oxygen atoms in total. The van der Waals surface area contributed by atoms with Crippen LogP contribution >= 0.6 is 11.6 Å². The van der Waals surface area contributed by atoms with E-state index < -0.39 is 5.82 Å². The van der Waals surface area contributed by atoms with Gasteiger partial charge in [0.15, 0.2) is 0 Å². The van der Waals surface area contributed by atoms with Crippen LogP contribution in [-0.2, 0) is 6.54 Å². The summed E-state index contributed by atoms with van der Waals surface area (Å²) in [6.45, 7) is 5.79. The third-order valence-electron chi connectivity index (χ3n) is 3.25. The molecule has 0 bridgehead atoms. The Morgan fingerprint density at radius 1 is 1.33 bits per heavy atom. The third kappa shape index (κ3) is 3.80. The molecule has 2 rings (SSSR count). The SMILES string of the molecule is CCCNC(c1ccc(Cl)c(F)c1)c1cnnn1CCC. The van der Waals surface area contributed by atoms with Gasteiger partial charge in [0, 0.05) is 6.54 Å². The minimum absolute atomic E-state index is 0.133. The van der Waals surface area contributed by atoms with E-state index >= 15 is 0 Å². The van der Waals surface area contributed by atoms with Gasteiger partial charge in [-0.25, -0.2) is 9.07 Å². The molecule has 1 heterocycles. The first-order chi connectivity index (χ1) is 10.2. The Balaban J connectivity index is 2.37. The van der Waals surface area contributed by atoms with E-state index in [9.17, 15) is 4.39 Å². The average molecular weight is 311 g/mol. The fourth-order valence-corrected chi connectivity index (χ4v) is 2.37. The van der Waals surface area contributed by atoms with Crippen molar-refractivity contribution in [2.45, 2.75) is 39.3 Å². The lowest BCUT2D eigenvalue weighted by Crippen LogP contribution is -2.26. The van der Waals surface area contributed by atoms with Gasteiger partial charge in [0.2, 0.25) is 0 Å². The molecule has 6 heteroatoms. The Kier molecular flexibility index (Phi) is 5.70. The maximum Gasteiger partial charge on any atom is 0.142 e. The first-order valence-electron chi connectivity index (χ1n) is 7.24. The van der Waals surface area contributed by atoms with Gasteiger partial charge in [0.05, 0.1) is 23.0 Å². The molecule has 0 radical (unpaired) electrons. The van der Waals surface area contributed by atoms with Crippen molar-refractivity contribution >= 4 is 11.6 Å². The van der Waals surface area contributed by atoms with Crippen LogP contribution in [0.15, 0.2) is 24.4 Å². The zero-order valence-electron chi connectivity index (χ0n) is 12.3. The van der Waals surface area contributed by atoms with E-state index in [1.807, 2.05) is 10.7 Å². The first-order valence-corrected chi connectivity index (χ1v) is 7.61. The number of nitrogens with zero attached hydrogens (tertiary/aromatic N) is 3. The van der Waals surface area contributed by atoms with Crippen LogP contribution in [0, 0.1) is 5.82 Å². The fourth-order valence-electron chi connectivity index (χ4n) is 2.25. The number of aromatic nitrogens is 3. The topological polar surface area (TPSA) is 42.7 Å². The van der Waals surface area contributed by atoms with Gasteiger partial charge >= 0.3 is 0 Å². The maximum atomic E-state index is 13.8. The van der Waals surface area contributed by atoms with Crippen molar-refractivity contribution in [2.75, 3.05) is 6.54 Å². The molecule has 1 unspecified atom stereocenters. The Hall–Kier alpha value is -1.46. The molecule has 1 aromatic carbocycles. The van der Waals surface area contributed by atoms with Crippen LogP contribution in [0.25, 0.3) is 0 Å². The lowest BCUT2D eigenvalue weighted by Gasteiger charge is -2.20. The number of hydrogen-bond acceptors (Lipinski definition) is 3. The molecular weight excluding hydrogens is 291 g/mol. The number of hydrogen-bond donors (Lipinski definition) is 1. The minimum Gasteiger partial charge on any atom is -0.305 e.